The van der Waals surface area contributed by atoms with Gasteiger partial charge in [0.25, 0.3) is 0 Å². The lowest BCUT2D eigenvalue weighted by Gasteiger charge is -2.21. The Bertz CT molecular complexity index is 4610. The standard InChI is InChI=1S/C68H32F24N6/c1-30-94-31(2)96-60(95-30)59-57(97-53-21-33(37-13-41(61(69,70)71)25-42(14-37)62(72,73)74)3-7-49(53)50-8-4-34(22-54(50)97)38-15-43(63(75,76)77)26-44(16-38)64(78,79)80)11-32(29-93)12-58(59)98-55-23-35(39-17-45(65(81,82)83)27-46(18-39)66(84,85)86)5-9-51(55)52-10-6-36(24-56(52)98)40-19-47(67(87,88)89)28-48(20-40)68(90,91)92/h3-28H,1-2H3. The molecule has 98 heavy (non-hydrogen) atoms. The summed E-state index contributed by atoms with van der Waals surface area (Å²) in [4.78, 5) is 13.3. The normalized spacial score (nSPS) is 13.2. The van der Waals surface area contributed by atoms with E-state index in [1.54, 1.807) is 0 Å². The monoisotopic (exact) mass is 1390 g/mol. The van der Waals surface area contributed by atoms with Crippen molar-refractivity contribution in [2.24, 2.45) is 0 Å². The quantitative estimate of drug-likeness (QED) is 0.149. The summed E-state index contributed by atoms with van der Waals surface area (Å²) >= 11 is 0. The van der Waals surface area contributed by atoms with Crippen LogP contribution in [0.3, 0.4) is 0 Å². The Morgan fingerprint density at radius 2 is 0.490 bits per heavy atom. The maximum absolute atomic E-state index is 14.5. The molecule has 6 nitrogen and oxygen atoms in total. The van der Waals surface area contributed by atoms with Gasteiger partial charge in [0.15, 0.2) is 5.82 Å². The van der Waals surface area contributed by atoms with Crippen molar-refractivity contribution in [3.8, 4) is 73.3 Å². The van der Waals surface area contributed by atoms with Crippen molar-refractivity contribution in [1.82, 2.24) is 24.1 Å². The zero-order chi connectivity index (χ0) is 71.3. The van der Waals surface area contributed by atoms with Gasteiger partial charge in [0.05, 0.1) is 95.1 Å². The molecule has 12 rings (SSSR count). The highest BCUT2D eigenvalue weighted by Gasteiger charge is 2.42. The SMILES string of the molecule is Cc1nc(C)nc(-c2c(-n3c4cc(-c5cc(C(F)(F)F)cc(C(F)(F)F)c5)ccc4c4ccc(-c5cc(C(F)(F)F)cc(C(F)(F)F)c5)cc43)cc(C#N)cc2-n2c3cc(-c4cc(C(F)(F)F)cc(C(F)(F)F)c4)ccc3c3ccc(-c4cc(C(F)(F)F)cc(C(F)(F)F)c4)cc32)n1. The summed E-state index contributed by atoms with van der Waals surface area (Å²) < 4.78 is 351. The summed E-state index contributed by atoms with van der Waals surface area (Å²) in [6.45, 7) is 2.64. The number of rotatable bonds is 7. The van der Waals surface area contributed by atoms with E-state index in [9.17, 15) is 111 Å². The summed E-state index contributed by atoms with van der Waals surface area (Å²) in [5.74, 6) is -0.732. The Hall–Kier alpha value is -10.6. The minimum absolute atomic E-state index is 0.0269. The van der Waals surface area contributed by atoms with Crippen LogP contribution >= 0.6 is 0 Å². The zero-order valence-electron chi connectivity index (χ0n) is 48.8. The molecule has 0 bridgehead atoms. The maximum atomic E-state index is 14.5. The summed E-state index contributed by atoms with van der Waals surface area (Å²) in [6, 6.07) is 19.4. The van der Waals surface area contributed by atoms with E-state index in [4.69, 9.17) is 0 Å². The Morgan fingerprint density at radius 3 is 0.684 bits per heavy atom. The molecule has 502 valence electrons. The second kappa shape index (κ2) is 22.8. The minimum atomic E-state index is -5.42. The topological polar surface area (TPSA) is 72.3 Å². The van der Waals surface area contributed by atoms with Crippen LogP contribution in [0, 0.1) is 25.2 Å². The van der Waals surface area contributed by atoms with E-state index in [-0.39, 0.29) is 79.5 Å². The molecule has 12 aromatic rings. The fourth-order valence-electron chi connectivity index (χ4n) is 11.7. The van der Waals surface area contributed by atoms with Gasteiger partial charge in [-0.2, -0.15) is 111 Å². The summed E-state index contributed by atoms with van der Waals surface area (Å²) in [7, 11) is 0. The molecule has 0 saturated heterocycles. The highest BCUT2D eigenvalue weighted by Crippen LogP contribution is 2.49. The maximum Gasteiger partial charge on any atom is 0.416 e. The molecule has 0 aliphatic carbocycles. The molecule has 9 aromatic carbocycles. The van der Waals surface area contributed by atoms with Crippen LogP contribution < -0.4 is 0 Å². The summed E-state index contributed by atoms with van der Waals surface area (Å²) in [6.07, 6.45) is -43.4. The van der Waals surface area contributed by atoms with Gasteiger partial charge in [-0.3, -0.25) is 0 Å². The van der Waals surface area contributed by atoms with Crippen molar-refractivity contribution in [2.45, 2.75) is 63.3 Å². The van der Waals surface area contributed by atoms with Gasteiger partial charge in [0.2, 0.25) is 0 Å². The van der Waals surface area contributed by atoms with Crippen molar-refractivity contribution in [3.63, 3.8) is 0 Å². The van der Waals surface area contributed by atoms with Crippen LogP contribution in [-0.2, 0) is 49.4 Å². The molecule has 0 amide bonds. The van der Waals surface area contributed by atoms with Gasteiger partial charge in [-0.1, -0.05) is 48.5 Å². The van der Waals surface area contributed by atoms with E-state index in [0.717, 1.165) is 69.8 Å². The molecule has 0 spiro atoms. The molecule has 0 atom stereocenters. The van der Waals surface area contributed by atoms with E-state index in [1.165, 1.54) is 38.1 Å². The number of aromatic nitrogens is 5. The highest BCUT2D eigenvalue weighted by atomic mass is 19.4. The first kappa shape index (κ1) is 67.4. The van der Waals surface area contributed by atoms with Crippen molar-refractivity contribution in [3.05, 3.63) is 219 Å². The number of aryl methyl sites for hydroxylation is 2. The van der Waals surface area contributed by atoms with Crippen LogP contribution in [-0.4, -0.2) is 24.1 Å². The Balaban J connectivity index is 1.28. The molecule has 3 heterocycles. The molecular weight excluding hydrogens is 1360 g/mol. The van der Waals surface area contributed by atoms with Gasteiger partial charge in [-0.05, 0) is 168 Å². The van der Waals surface area contributed by atoms with Gasteiger partial charge in [-0.25, -0.2) is 15.0 Å². The molecule has 0 unspecified atom stereocenters. The molecule has 0 saturated carbocycles. The number of alkyl halides is 24. The lowest BCUT2D eigenvalue weighted by molar-refractivity contribution is -0.144. The number of hydrogen-bond donors (Lipinski definition) is 0. The number of nitriles is 1. The molecule has 3 aromatic heterocycles. The van der Waals surface area contributed by atoms with Gasteiger partial charge in [-0.15, -0.1) is 0 Å². The second-order valence-electron chi connectivity index (χ2n) is 22.5. The molecular formula is C68H32F24N6. The predicted octanol–water partition coefficient (Wildman–Crippen LogP) is 23.0. The average molecular weight is 1390 g/mol. The molecule has 0 N–H and O–H groups in total. The van der Waals surface area contributed by atoms with Crippen molar-refractivity contribution in [1.29, 1.82) is 5.26 Å². The van der Waals surface area contributed by atoms with Gasteiger partial charge in [0, 0.05) is 21.5 Å². The third-order valence-corrected chi connectivity index (χ3v) is 16.0. The van der Waals surface area contributed by atoms with Crippen LogP contribution in [0.5, 0.6) is 0 Å². The van der Waals surface area contributed by atoms with Crippen molar-refractivity contribution < 1.29 is 105 Å². The number of nitrogens with zero attached hydrogens (tertiary/aromatic N) is 6. The van der Waals surface area contributed by atoms with E-state index in [1.807, 2.05) is 6.07 Å². The number of fused-ring (bicyclic) bond motifs is 6. The van der Waals surface area contributed by atoms with Crippen LogP contribution in [0.15, 0.2) is 158 Å². The highest BCUT2D eigenvalue weighted by molar-refractivity contribution is 6.14. The number of hydrogen-bond acceptors (Lipinski definition) is 4. The van der Waals surface area contributed by atoms with Crippen LogP contribution in [0.25, 0.3) is 111 Å². The first-order valence-corrected chi connectivity index (χ1v) is 28.0. The summed E-state index contributed by atoms with van der Waals surface area (Å²) in [5.41, 5.74) is -21.9. The Kier molecular flexibility index (Phi) is 15.6. The average Bonchev–Trinajstić information content (AvgIpc) is 1.54. The van der Waals surface area contributed by atoms with E-state index in [0.29, 0.717) is 48.5 Å². The Labute approximate surface area is 532 Å². The van der Waals surface area contributed by atoms with E-state index >= 15 is 0 Å². The summed E-state index contributed by atoms with van der Waals surface area (Å²) in [5, 5.41) is 11.0. The largest absolute Gasteiger partial charge is 0.416 e. The third-order valence-electron chi connectivity index (χ3n) is 16.0. The lowest BCUT2D eigenvalue weighted by atomic mass is 9.97. The smallest absolute Gasteiger partial charge is 0.308 e. The fraction of sp³-hybridized carbons (Fsp3) is 0.147. The number of halogens is 24. The van der Waals surface area contributed by atoms with Gasteiger partial charge < -0.3 is 9.13 Å². The molecule has 0 aliphatic heterocycles. The Morgan fingerprint density at radius 1 is 0.276 bits per heavy atom. The van der Waals surface area contributed by atoms with Crippen molar-refractivity contribution >= 4 is 43.6 Å². The van der Waals surface area contributed by atoms with E-state index < -0.39 is 167 Å². The second-order valence-corrected chi connectivity index (χ2v) is 22.5. The lowest BCUT2D eigenvalue weighted by Crippen LogP contribution is -2.11. The molecule has 0 radical (unpaired) electrons. The van der Waals surface area contributed by atoms with Crippen molar-refractivity contribution in [2.75, 3.05) is 0 Å². The first-order chi connectivity index (χ1) is 45.3. The minimum Gasteiger partial charge on any atom is -0.308 e. The number of benzene rings is 9. The van der Waals surface area contributed by atoms with E-state index in [2.05, 4.69) is 15.0 Å². The van der Waals surface area contributed by atoms with Gasteiger partial charge in [0.1, 0.15) is 11.6 Å². The zero-order valence-corrected chi connectivity index (χ0v) is 48.8. The van der Waals surface area contributed by atoms with Crippen LogP contribution in [0.2, 0.25) is 0 Å². The fourth-order valence-corrected chi connectivity index (χ4v) is 11.7. The predicted molar refractivity (Wildman–Crippen MR) is 310 cm³/mol. The van der Waals surface area contributed by atoms with Crippen LogP contribution in [0.4, 0.5) is 105 Å². The third kappa shape index (κ3) is 12.6. The molecule has 30 heteroatoms. The molecule has 0 aliphatic rings. The van der Waals surface area contributed by atoms with Crippen LogP contribution in [0.1, 0.15) is 61.7 Å². The molecule has 0 fully saturated rings. The first-order valence-electron chi connectivity index (χ1n) is 28.0. The van der Waals surface area contributed by atoms with Gasteiger partial charge >= 0.3 is 49.4 Å².